The van der Waals surface area contributed by atoms with E-state index in [0.29, 0.717) is 32.8 Å². The lowest BCUT2D eigenvalue weighted by Crippen LogP contribution is -2.41. The molecule has 0 saturated carbocycles. The Hall–Kier alpha value is -2.22. The second-order valence-corrected chi connectivity index (χ2v) is 9.91. The molecule has 1 atom stereocenters. The first-order valence-electron chi connectivity index (χ1n) is 11.0. The van der Waals surface area contributed by atoms with Gasteiger partial charge in [0.25, 0.3) is 11.8 Å². The number of carboxylic acid groups (broad SMARTS) is 1. The molecular weight excluding hydrogens is 466 g/mol. The van der Waals surface area contributed by atoms with Crippen LogP contribution in [0.4, 0.5) is 0 Å². The summed E-state index contributed by atoms with van der Waals surface area (Å²) in [6, 6.07) is 4.95. The Morgan fingerprint density at radius 2 is 1.91 bits per heavy atom. The van der Waals surface area contributed by atoms with Crippen molar-refractivity contribution >= 4 is 29.1 Å². The lowest BCUT2D eigenvalue weighted by molar-refractivity contribution is -0.139. The van der Waals surface area contributed by atoms with Gasteiger partial charge in [-0.25, -0.2) is 4.21 Å². The number of carbonyl (C=O) groups is 3. The van der Waals surface area contributed by atoms with Gasteiger partial charge >= 0.3 is 5.97 Å². The van der Waals surface area contributed by atoms with E-state index in [1.165, 1.54) is 0 Å². The third-order valence-electron chi connectivity index (χ3n) is 5.82. The number of imide groups is 1. The lowest BCUT2D eigenvalue weighted by atomic mass is 9.89. The van der Waals surface area contributed by atoms with Crippen LogP contribution in [-0.4, -0.2) is 99.0 Å². The van der Waals surface area contributed by atoms with Crippen molar-refractivity contribution in [3.05, 3.63) is 34.9 Å². The highest BCUT2D eigenvalue weighted by atomic mass is 32.2. The molecule has 1 saturated heterocycles. The van der Waals surface area contributed by atoms with Gasteiger partial charge in [-0.05, 0) is 23.1 Å². The van der Waals surface area contributed by atoms with E-state index in [2.05, 4.69) is 4.90 Å². The van der Waals surface area contributed by atoms with E-state index in [-0.39, 0.29) is 30.8 Å². The zero-order valence-corrected chi connectivity index (χ0v) is 20.2. The van der Waals surface area contributed by atoms with Crippen molar-refractivity contribution in [3.8, 4) is 0 Å². The number of carboxylic acids is 1. The molecule has 2 heterocycles. The smallest absolute Gasteiger partial charge is 0.303 e. The zero-order chi connectivity index (χ0) is 24.9. The summed E-state index contributed by atoms with van der Waals surface area (Å²) in [6.45, 7) is 7.71. The molecule has 11 nitrogen and oxygen atoms in total. The van der Waals surface area contributed by atoms with Crippen LogP contribution in [0, 0.1) is 5.41 Å². The summed E-state index contributed by atoms with van der Waals surface area (Å²) in [7, 11) is 0. The number of benzene rings is 1. The van der Waals surface area contributed by atoms with Crippen molar-refractivity contribution in [3.63, 3.8) is 0 Å². The number of nitrogens with zero attached hydrogens (tertiary/aromatic N) is 3. The van der Waals surface area contributed by atoms with Crippen molar-refractivity contribution in [2.75, 3.05) is 52.7 Å². The molecule has 12 heteroatoms. The van der Waals surface area contributed by atoms with Crippen LogP contribution in [0.2, 0.25) is 0 Å². The van der Waals surface area contributed by atoms with E-state index >= 15 is 0 Å². The third kappa shape index (κ3) is 7.14. The third-order valence-corrected chi connectivity index (χ3v) is 6.12. The first-order chi connectivity index (χ1) is 16.1. The predicted molar refractivity (Wildman–Crippen MR) is 120 cm³/mol. The monoisotopic (exact) mass is 496 g/mol. The van der Waals surface area contributed by atoms with Crippen LogP contribution in [0.5, 0.6) is 0 Å². The minimum atomic E-state index is -2.65. The van der Waals surface area contributed by atoms with Crippen molar-refractivity contribution < 1.29 is 37.2 Å². The van der Waals surface area contributed by atoms with Gasteiger partial charge in [0.2, 0.25) is 0 Å². The molecule has 188 valence electrons. The van der Waals surface area contributed by atoms with Crippen molar-refractivity contribution in [2.24, 2.45) is 5.41 Å². The Morgan fingerprint density at radius 3 is 2.56 bits per heavy atom. The SMILES string of the molecule is CC(C)(CC(=O)O)CN1C(=O)c2ccc(CN(CCN3CCOCC3)COS(=O)[O-])cc2C1=O. The largest absolute Gasteiger partial charge is 0.750 e. The Kier molecular flexibility index (Phi) is 8.90. The number of hydrogen-bond donors (Lipinski definition) is 1. The van der Waals surface area contributed by atoms with Gasteiger partial charge in [0.1, 0.15) is 6.73 Å². The van der Waals surface area contributed by atoms with Crippen LogP contribution in [0.15, 0.2) is 18.2 Å². The fourth-order valence-corrected chi connectivity index (χ4v) is 4.38. The average Bonchev–Trinajstić information content (AvgIpc) is 2.99. The molecule has 0 bridgehead atoms. The molecular formula is C22H30N3O8S-. The quantitative estimate of drug-likeness (QED) is 0.250. The molecule has 0 spiro atoms. The van der Waals surface area contributed by atoms with Crippen molar-refractivity contribution in [2.45, 2.75) is 26.8 Å². The van der Waals surface area contributed by atoms with Crippen molar-refractivity contribution in [1.29, 1.82) is 0 Å². The molecule has 2 aliphatic heterocycles. The van der Waals surface area contributed by atoms with Gasteiger partial charge in [-0.15, -0.1) is 0 Å². The van der Waals surface area contributed by atoms with Gasteiger partial charge in [0.15, 0.2) is 0 Å². The van der Waals surface area contributed by atoms with Crippen LogP contribution in [0.25, 0.3) is 0 Å². The van der Waals surface area contributed by atoms with E-state index in [9.17, 15) is 23.1 Å². The van der Waals surface area contributed by atoms with Gasteiger partial charge in [0, 0.05) is 39.3 Å². The van der Waals surface area contributed by atoms with Crippen molar-refractivity contribution in [1.82, 2.24) is 14.7 Å². The Balaban J connectivity index is 1.70. The summed E-state index contributed by atoms with van der Waals surface area (Å²) in [5, 5.41) is 9.10. The predicted octanol–water partition coefficient (Wildman–Crippen LogP) is 0.686. The maximum Gasteiger partial charge on any atom is 0.303 e. The molecule has 0 aromatic heterocycles. The lowest BCUT2D eigenvalue weighted by Gasteiger charge is -2.30. The van der Waals surface area contributed by atoms with Gasteiger partial charge in [0.05, 0.1) is 42.1 Å². The summed E-state index contributed by atoms with van der Waals surface area (Å²) >= 11 is -2.65. The normalized spacial score (nSPS) is 17.9. The van der Waals surface area contributed by atoms with Gasteiger partial charge in [-0.1, -0.05) is 19.9 Å². The number of morpholine rings is 1. The van der Waals surface area contributed by atoms with Gasteiger partial charge in [-0.3, -0.25) is 33.3 Å². The fraction of sp³-hybridized carbons (Fsp3) is 0.591. The summed E-state index contributed by atoms with van der Waals surface area (Å²) in [4.78, 5) is 42.0. The summed E-state index contributed by atoms with van der Waals surface area (Å²) in [6.07, 6.45) is -0.176. The van der Waals surface area contributed by atoms with Gasteiger partial charge in [-0.2, -0.15) is 0 Å². The minimum Gasteiger partial charge on any atom is -0.750 e. The first-order valence-corrected chi connectivity index (χ1v) is 12.0. The van der Waals surface area contributed by atoms with E-state index < -0.39 is 34.6 Å². The van der Waals surface area contributed by atoms with Crippen LogP contribution in [-0.2, 0) is 31.6 Å². The fourth-order valence-electron chi connectivity index (χ4n) is 4.15. The highest BCUT2D eigenvalue weighted by Gasteiger charge is 2.39. The number of carbonyl (C=O) groups excluding carboxylic acids is 2. The van der Waals surface area contributed by atoms with E-state index in [1.54, 1.807) is 32.0 Å². The second kappa shape index (κ2) is 11.5. The number of ether oxygens (including phenoxy) is 1. The molecule has 2 amide bonds. The van der Waals surface area contributed by atoms with Crippen LogP contribution < -0.4 is 0 Å². The average molecular weight is 497 g/mol. The number of aliphatic carboxylic acids is 1. The van der Waals surface area contributed by atoms with Gasteiger partial charge < -0.3 is 14.4 Å². The van der Waals surface area contributed by atoms with E-state index in [1.807, 2.05) is 4.90 Å². The number of amides is 2. The molecule has 0 aliphatic carbocycles. The number of fused-ring (bicyclic) bond motifs is 1. The highest BCUT2D eigenvalue weighted by molar-refractivity contribution is 7.74. The Labute approximate surface area is 201 Å². The topological polar surface area (TPSA) is 140 Å². The van der Waals surface area contributed by atoms with Crippen LogP contribution in [0.3, 0.4) is 0 Å². The summed E-state index contributed by atoms with van der Waals surface area (Å²) < 4.78 is 31.9. The standard InChI is InChI=1S/C22H31N3O8S/c1-22(2,12-19(26)27)14-25-20(28)17-4-3-16(11-18(17)21(25)29)13-24(15-33-34(30)31)6-5-23-7-9-32-10-8-23/h3-4,11H,5-10,12-15H2,1-2H3,(H,26,27)(H,30,31)/p-1. The molecule has 2 aliphatic rings. The first kappa shape index (κ1) is 26.4. The molecule has 1 unspecified atom stereocenters. The molecule has 1 fully saturated rings. The molecule has 1 aromatic rings. The molecule has 3 rings (SSSR count). The summed E-state index contributed by atoms with van der Waals surface area (Å²) in [5.74, 6) is -1.90. The number of rotatable bonds is 12. The zero-order valence-electron chi connectivity index (χ0n) is 19.4. The van der Waals surface area contributed by atoms with E-state index in [4.69, 9.17) is 14.0 Å². The minimum absolute atomic E-state index is 0.00416. The highest BCUT2D eigenvalue weighted by Crippen LogP contribution is 2.30. The molecule has 1 aromatic carbocycles. The molecule has 34 heavy (non-hydrogen) atoms. The Bertz CT molecular complexity index is 948. The maximum atomic E-state index is 13.0. The van der Waals surface area contributed by atoms with Crippen LogP contribution in [0.1, 0.15) is 46.5 Å². The molecule has 1 N–H and O–H groups in total. The Morgan fingerprint density at radius 1 is 1.24 bits per heavy atom. The number of hydrogen-bond acceptors (Lipinski definition) is 9. The van der Waals surface area contributed by atoms with Crippen LogP contribution >= 0.6 is 0 Å². The summed E-state index contributed by atoms with van der Waals surface area (Å²) in [5.41, 5.74) is 0.490. The second-order valence-electron chi connectivity index (χ2n) is 9.27. The maximum absolute atomic E-state index is 13.0. The molecule has 0 radical (unpaired) electrons. The van der Waals surface area contributed by atoms with E-state index in [0.717, 1.165) is 23.6 Å².